The van der Waals surface area contributed by atoms with Crippen molar-refractivity contribution in [3.8, 4) is 0 Å². The number of carbonyl (C=O) groups is 1. The summed E-state index contributed by atoms with van der Waals surface area (Å²) in [6.07, 6.45) is 4.94. The van der Waals surface area contributed by atoms with Gasteiger partial charge in [0.2, 0.25) is 10.0 Å². The van der Waals surface area contributed by atoms with Gasteiger partial charge < -0.3 is 0 Å². The van der Waals surface area contributed by atoms with Gasteiger partial charge in [-0.1, -0.05) is 32.4 Å². The van der Waals surface area contributed by atoms with Crippen molar-refractivity contribution in [2.75, 3.05) is 12.3 Å². The molecule has 0 aromatic heterocycles. The lowest BCUT2D eigenvalue weighted by molar-refractivity contribution is -0.128. The number of hydrogen-bond acceptors (Lipinski definition) is 3. The van der Waals surface area contributed by atoms with Crippen LogP contribution in [0.25, 0.3) is 0 Å². The molecule has 1 aromatic carbocycles. The van der Waals surface area contributed by atoms with Crippen LogP contribution in [-0.2, 0) is 20.2 Å². The lowest BCUT2D eigenvalue weighted by Gasteiger charge is -2.43. The molecule has 3 aliphatic carbocycles. The summed E-state index contributed by atoms with van der Waals surface area (Å²) < 4.78 is 42.0. The fourth-order valence-electron chi connectivity index (χ4n) is 5.71. The van der Waals surface area contributed by atoms with Crippen LogP contribution in [0.5, 0.6) is 0 Å². The summed E-state index contributed by atoms with van der Waals surface area (Å²) >= 11 is 0. The Morgan fingerprint density at radius 3 is 2.30 bits per heavy atom. The minimum absolute atomic E-state index is 0.109. The van der Waals surface area contributed by atoms with Gasteiger partial charge in [0, 0.05) is 23.8 Å². The molecule has 3 saturated carbocycles. The Balaban J connectivity index is 1.51. The monoisotopic (exact) mass is 393 g/mol. The van der Waals surface area contributed by atoms with E-state index in [1.54, 1.807) is 12.1 Å². The van der Waals surface area contributed by atoms with Crippen molar-refractivity contribution < 1.29 is 17.6 Å². The molecule has 3 fully saturated rings. The molecule has 0 unspecified atom stereocenters. The molecule has 0 spiro atoms. The number of halogens is 1. The molecule has 2 bridgehead atoms. The van der Waals surface area contributed by atoms with E-state index < -0.39 is 15.4 Å². The largest absolute Gasteiger partial charge is 0.299 e. The van der Waals surface area contributed by atoms with E-state index in [-0.39, 0.29) is 28.2 Å². The highest BCUT2D eigenvalue weighted by Gasteiger charge is 2.65. The maximum atomic E-state index is 13.3. The molecular weight excluding hydrogens is 365 g/mol. The zero-order valence-corrected chi connectivity index (χ0v) is 16.9. The molecule has 2 atom stereocenters. The highest BCUT2D eigenvalue weighted by molar-refractivity contribution is 7.89. The average Bonchev–Trinajstić information content (AvgIpc) is 2.89. The predicted molar refractivity (Wildman–Crippen MR) is 102 cm³/mol. The Morgan fingerprint density at radius 2 is 1.81 bits per heavy atom. The third-order valence-corrected chi connectivity index (χ3v) is 9.43. The Bertz CT molecular complexity index is 858. The van der Waals surface area contributed by atoms with Crippen molar-refractivity contribution in [2.24, 2.45) is 16.7 Å². The van der Waals surface area contributed by atoms with Gasteiger partial charge in [-0.05, 0) is 54.7 Å². The molecule has 1 aromatic rings. The van der Waals surface area contributed by atoms with Crippen LogP contribution in [0.3, 0.4) is 0 Å². The van der Waals surface area contributed by atoms with Gasteiger partial charge in [-0.15, -0.1) is 0 Å². The molecule has 6 heteroatoms. The number of Topliss-reactive ketones (excluding diaryl/α,β-unsaturated/α-hetero) is 1. The smallest absolute Gasteiger partial charge is 0.212 e. The SMILES string of the molecule is CC1(C)[C@H]2CC[C@@]1(CS(=O)(=O)NCC1(c3ccc(F)cc3)CCC1)C(=O)C2. The van der Waals surface area contributed by atoms with Gasteiger partial charge in [-0.3, -0.25) is 4.79 Å². The van der Waals surface area contributed by atoms with Crippen LogP contribution >= 0.6 is 0 Å². The van der Waals surface area contributed by atoms with E-state index in [0.29, 0.717) is 25.3 Å². The minimum atomic E-state index is -3.58. The number of sulfonamides is 1. The van der Waals surface area contributed by atoms with Gasteiger partial charge in [0.05, 0.1) is 5.75 Å². The second-order valence-electron chi connectivity index (χ2n) is 9.39. The van der Waals surface area contributed by atoms with Crippen LogP contribution in [0.4, 0.5) is 4.39 Å². The third-order valence-electron chi connectivity index (χ3n) is 7.97. The normalized spacial score (nSPS) is 31.1. The first-order valence-corrected chi connectivity index (χ1v) is 11.5. The van der Waals surface area contributed by atoms with E-state index >= 15 is 0 Å². The molecule has 27 heavy (non-hydrogen) atoms. The van der Waals surface area contributed by atoms with Crippen LogP contribution in [0.1, 0.15) is 57.9 Å². The van der Waals surface area contributed by atoms with E-state index in [0.717, 1.165) is 31.2 Å². The first-order valence-electron chi connectivity index (χ1n) is 9.87. The van der Waals surface area contributed by atoms with E-state index in [4.69, 9.17) is 0 Å². The second-order valence-corrected chi connectivity index (χ2v) is 11.2. The van der Waals surface area contributed by atoms with Gasteiger partial charge >= 0.3 is 0 Å². The summed E-state index contributed by atoms with van der Waals surface area (Å²) in [5.41, 5.74) is -0.281. The molecule has 148 valence electrons. The number of carbonyl (C=O) groups excluding carboxylic acids is 1. The molecule has 0 amide bonds. The summed E-state index contributed by atoms with van der Waals surface area (Å²) in [7, 11) is -3.58. The van der Waals surface area contributed by atoms with E-state index in [1.807, 2.05) is 0 Å². The van der Waals surface area contributed by atoms with Crippen molar-refractivity contribution in [3.05, 3.63) is 35.6 Å². The number of hydrogen-bond donors (Lipinski definition) is 1. The van der Waals surface area contributed by atoms with E-state index in [2.05, 4.69) is 18.6 Å². The summed E-state index contributed by atoms with van der Waals surface area (Å²) in [5, 5.41) is 0. The summed E-state index contributed by atoms with van der Waals surface area (Å²) in [4.78, 5) is 12.6. The molecule has 3 aliphatic rings. The maximum Gasteiger partial charge on any atom is 0.212 e. The first kappa shape index (κ1) is 19.1. The van der Waals surface area contributed by atoms with Crippen LogP contribution in [0.15, 0.2) is 24.3 Å². The van der Waals surface area contributed by atoms with Crippen molar-refractivity contribution >= 4 is 15.8 Å². The molecule has 4 nitrogen and oxygen atoms in total. The molecule has 4 rings (SSSR count). The van der Waals surface area contributed by atoms with Gasteiger partial charge in [0.1, 0.15) is 11.6 Å². The Kier molecular flexibility index (Phi) is 4.32. The zero-order valence-electron chi connectivity index (χ0n) is 16.1. The first-order chi connectivity index (χ1) is 12.6. The van der Waals surface area contributed by atoms with Crippen molar-refractivity contribution in [1.29, 1.82) is 0 Å². The maximum absolute atomic E-state index is 13.3. The van der Waals surface area contributed by atoms with Crippen LogP contribution in [0, 0.1) is 22.6 Å². The molecule has 0 aliphatic heterocycles. The molecule has 1 N–H and O–H groups in total. The lowest BCUT2D eigenvalue weighted by atomic mass is 9.64. The predicted octanol–water partition coefficient (Wildman–Crippen LogP) is 3.56. The fourth-order valence-corrected chi connectivity index (χ4v) is 7.63. The van der Waals surface area contributed by atoms with Crippen molar-refractivity contribution in [3.63, 3.8) is 0 Å². The number of rotatable bonds is 6. The van der Waals surface area contributed by atoms with Gasteiger partial charge in [-0.2, -0.15) is 0 Å². The Morgan fingerprint density at radius 1 is 1.15 bits per heavy atom. The molecule has 0 heterocycles. The van der Waals surface area contributed by atoms with Crippen LogP contribution in [-0.4, -0.2) is 26.5 Å². The van der Waals surface area contributed by atoms with E-state index in [9.17, 15) is 17.6 Å². The summed E-state index contributed by atoms with van der Waals surface area (Å²) in [6, 6.07) is 6.38. The highest BCUT2D eigenvalue weighted by atomic mass is 32.2. The number of ketones is 1. The fraction of sp³-hybridized carbons (Fsp3) is 0.667. The van der Waals surface area contributed by atoms with Gasteiger partial charge in [0.25, 0.3) is 0 Å². The third kappa shape index (κ3) is 2.87. The molecule has 0 saturated heterocycles. The second kappa shape index (κ2) is 6.11. The lowest BCUT2D eigenvalue weighted by Crippen LogP contribution is -2.50. The molecular formula is C21H28FNO3S. The quantitative estimate of drug-likeness (QED) is 0.804. The van der Waals surface area contributed by atoms with Crippen LogP contribution in [0.2, 0.25) is 0 Å². The van der Waals surface area contributed by atoms with E-state index in [1.165, 1.54) is 12.1 Å². The number of fused-ring (bicyclic) bond motifs is 2. The Hall–Kier alpha value is -1.27. The van der Waals surface area contributed by atoms with Crippen molar-refractivity contribution in [1.82, 2.24) is 4.72 Å². The average molecular weight is 394 g/mol. The topological polar surface area (TPSA) is 63.2 Å². The zero-order chi connectivity index (χ0) is 19.5. The summed E-state index contributed by atoms with van der Waals surface area (Å²) in [6.45, 7) is 4.42. The minimum Gasteiger partial charge on any atom is -0.299 e. The molecule has 0 radical (unpaired) electrons. The van der Waals surface area contributed by atoms with Gasteiger partial charge in [0.15, 0.2) is 0 Å². The Labute approximate surface area is 161 Å². The van der Waals surface area contributed by atoms with Gasteiger partial charge in [-0.25, -0.2) is 17.5 Å². The highest BCUT2D eigenvalue weighted by Crippen LogP contribution is 2.64. The number of nitrogens with one attached hydrogen (secondary N) is 1. The standard InChI is InChI=1S/C21H28FNO3S/c1-19(2)16-8-11-21(19,18(24)12-16)14-27(25,26)23-13-20(9-3-10-20)15-4-6-17(22)7-5-15/h4-7,16,23H,3,8-14H2,1-2H3/t16-,21+/m0/s1. The van der Waals surface area contributed by atoms with Crippen LogP contribution < -0.4 is 4.72 Å². The summed E-state index contributed by atoms with van der Waals surface area (Å²) in [5.74, 6) is 0.0241. The number of benzene rings is 1. The van der Waals surface area contributed by atoms with Crippen molar-refractivity contribution in [2.45, 2.75) is 57.8 Å².